The third-order valence-corrected chi connectivity index (χ3v) is 4.73. The van der Waals surface area contributed by atoms with Gasteiger partial charge in [0.2, 0.25) is 5.91 Å². The molecular weight excluding hydrogens is 495 g/mol. The van der Waals surface area contributed by atoms with Crippen molar-refractivity contribution in [2.45, 2.75) is 53.2 Å². The molecule has 170 valence electrons. The molecule has 1 saturated heterocycles. The lowest BCUT2D eigenvalue weighted by Crippen LogP contribution is -2.43. The summed E-state index contributed by atoms with van der Waals surface area (Å²) in [6.45, 7) is 10.9. The molecule has 1 fully saturated rings. The minimum Gasteiger partial charge on any atom is -0.491 e. The van der Waals surface area contributed by atoms with Gasteiger partial charge in [0.05, 0.1) is 6.10 Å². The van der Waals surface area contributed by atoms with Crippen LogP contribution in [0.3, 0.4) is 0 Å². The molecule has 1 aliphatic heterocycles. The number of hydrogen-bond acceptors (Lipinski definition) is 4. The molecule has 1 aromatic carbocycles. The van der Waals surface area contributed by atoms with Crippen LogP contribution in [0.25, 0.3) is 0 Å². The maximum absolute atomic E-state index is 11.9. The third-order valence-electron chi connectivity index (χ3n) is 4.73. The number of aryl methyl sites for hydroxylation is 1. The van der Waals surface area contributed by atoms with Crippen LogP contribution in [0.15, 0.2) is 23.2 Å². The number of benzene rings is 1. The van der Waals surface area contributed by atoms with Gasteiger partial charge in [0.25, 0.3) is 0 Å². The molecule has 1 unspecified atom stereocenters. The first-order valence-corrected chi connectivity index (χ1v) is 10.4. The molecule has 1 atom stereocenters. The minimum atomic E-state index is -0.384. The van der Waals surface area contributed by atoms with Crippen LogP contribution in [0.5, 0.6) is 5.75 Å². The fourth-order valence-electron chi connectivity index (χ4n) is 2.92. The molecule has 1 heterocycles. The zero-order chi connectivity index (χ0) is 21.3. The van der Waals surface area contributed by atoms with Gasteiger partial charge in [0.1, 0.15) is 12.4 Å². The van der Waals surface area contributed by atoms with Gasteiger partial charge >= 0.3 is 0 Å². The van der Waals surface area contributed by atoms with Crippen molar-refractivity contribution in [3.05, 3.63) is 29.3 Å². The molecule has 0 aromatic heterocycles. The van der Waals surface area contributed by atoms with Crippen LogP contribution in [0.1, 0.15) is 44.7 Å². The number of nitrogens with one attached hydrogen (secondary N) is 3. The normalized spacial score (nSPS) is 16.6. The van der Waals surface area contributed by atoms with Crippen LogP contribution < -0.4 is 20.7 Å². The van der Waals surface area contributed by atoms with Gasteiger partial charge in [-0.1, -0.05) is 32.9 Å². The Hall–Kier alpha value is -1.55. The van der Waals surface area contributed by atoms with E-state index in [2.05, 4.69) is 46.1 Å². The van der Waals surface area contributed by atoms with Gasteiger partial charge in [-0.15, -0.1) is 24.0 Å². The molecule has 8 heteroatoms. The van der Waals surface area contributed by atoms with Crippen molar-refractivity contribution >= 4 is 35.8 Å². The number of amides is 1. The van der Waals surface area contributed by atoms with E-state index >= 15 is 0 Å². The van der Waals surface area contributed by atoms with Gasteiger partial charge in [-0.3, -0.25) is 9.79 Å². The van der Waals surface area contributed by atoms with Crippen LogP contribution in [0.4, 0.5) is 0 Å². The van der Waals surface area contributed by atoms with E-state index in [9.17, 15) is 4.79 Å². The Balaban J connectivity index is 0.00000450. The average Bonchev–Trinajstić information content (AvgIpc) is 3.19. The third kappa shape index (κ3) is 9.07. The summed E-state index contributed by atoms with van der Waals surface area (Å²) in [6.07, 6.45) is 2.35. The van der Waals surface area contributed by atoms with Crippen molar-refractivity contribution in [1.82, 2.24) is 16.0 Å². The van der Waals surface area contributed by atoms with E-state index < -0.39 is 0 Å². The van der Waals surface area contributed by atoms with Crippen LogP contribution in [-0.2, 0) is 16.1 Å². The van der Waals surface area contributed by atoms with Crippen molar-refractivity contribution in [3.8, 4) is 5.75 Å². The number of nitrogens with zero attached hydrogens (tertiary/aromatic N) is 1. The van der Waals surface area contributed by atoms with Crippen LogP contribution >= 0.6 is 24.0 Å². The van der Waals surface area contributed by atoms with Crippen molar-refractivity contribution in [1.29, 1.82) is 0 Å². The highest BCUT2D eigenvalue weighted by Gasteiger charge is 2.20. The van der Waals surface area contributed by atoms with E-state index in [1.165, 1.54) is 0 Å². The molecule has 0 aliphatic carbocycles. The van der Waals surface area contributed by atoms with E-state index in [4.69, 9.17) is 9.47 Å². The first-order valence-electron chi connectivity index (χ1n) is 10.4. The summed E-state index contributed by atoms with van der Waals surface area (Å²) >= 11 is 0. The highest BCUT2D eigenvalue weighted by Crippen LogP contribution is 2.22. The lowest BCUT2D eigenvalue weighted by molar-refractivity contribution is -0.128. The molecule has 7 nitrogen and oxygen atoms in total. The second-order valence-corrected chi connectivity index (χ2v) is 8.42. The molecule has 0 spiro atoms. The SMILES string of the molecule is CN=C(NCCNC(=O)C(C)(C)C)NCc1ccc(C)cc1OCC1CCCO1.I. The monoisotopic (exact) mass is 532 g/mol. The number of guanidine groups is 1. The number of hydrogen-bond donors (Lipinski definition) is 3. The molecule has 3 N–H and O–H groups in total. The predicted molar refractivity (Wildman–Crippen MR) is 132 cm³/mol. The summed E-state index contributed by atoms with van der Waals surface area (Å²) < 4.78 is 11.7. The number of ether oxygens (including phenoxy) is 2. The quantitative estimate of drug-likeness (QED) is 0.208. The second kappa shape index (κ2) is 13.0. The topological polar surface area (TPSA) is 84.0 Å². The minimum absolute atomic E-state index is 0. The van der Waals surface area contributed by atoms with E-state index in [1.54, 1.807) is 7.05 Å². The van der Waals surface area contributed by atoms with Crippen LogP contribution in [0, 0.1) is 12.3 Å². The summed E-state index contributed by atoms with van der Waals surface area (Å²) in [6, 6.07) is 6.21. The zero-order valence-electron chi connectivity index (χ0n) is 18.8. The Bertz CT molecular complexity index is 698. The standard InChI is InChI=1S/C22H36N4O3.HI/c1-16-8-9-17(19(13-16)29-15-18-7-6-12-28-18)14-26-21(23-5)25-11-10-24-20(27)22(2,3)4;/h8-9,13,18H,6-7,10-12,14-15H2,1-5H3,(H,24,27)(H2,23,25,26);1H. The Labute approximate surface area is 197 Å². The van der Waals surface area contributed by atoms with E-state index in [-0.39, 0.29) is 41.4 Å². The zero-order valence-corrected chi connectivity index (χ0v) is 21.2. The predicted octanol–water partition coefficient (Wildman–Crippen LogP) is 3.00. The molecule has 1 aliphatic rings. The summed E-state index contributed by atoms with van der Waals surface area (Å²) in [4.78, 5) is 16.1. The Morgan fingerprint density at radius 2 is 1.97 bits per heavy atom. The molecule has 1 amide bonds. The van der Waals surface area contributed by atoms with E-state index in [0.29, 0.717) is 32.2 Å². The summed E-state index contributed by atoms with van der Waals surface area (Å²) in [5.74, 6) is 1.59. The van der Waals surface area contributed by atoms with Gasteiger partial charge in [-0.05, 0) is 31.4 Å². The molecule has 1 aromatic rings. The smallest absolute Gasteiger partial charge is 0.225 e. The Morgan fingerprint density at radius 1 is 1.23 bits per heavy atom. The van der Waals surface area contributed by atoms with Crippen molar-refractivity contribution < 1.29 is 14.3 Å². The fourth-order valence-corrected chi connectivity index (χ4v) is 2.92. The molecule has 2 rings (SSSR count). The largest absolute Gasteiger partial charge is 0.491 e. The fraction of sp³-hybridized carbons (Fsp3) is 0.636. The van der Waals surface area contributed by atoms with Gasteiger partial charge in [-0.25, -0.2) is 0 Å². The summed E-state index contributed by atoms with van der Waals surface area (Å²) in [7, 11) is 1.73. The van der Waals surface area contributed by atoms with Crippen molar-refractivity contribution in [2.75, 3.05) is 33.4 Å². The van der Waals surface area contributed by atoms with Crippen molar-refractivity contribution in [2.24, 2.45) is 10.4 Å². The van der Waals surface area contributed by atoms with E-state index in [1.807, 2.05) is 20.8 Å². The Morgan fingerprint density at radius 3 is 2.60 bits per heavy atom. The molecule has 0 bridgehead atoms. The van der Waals surface area contributed by atoms with Gasteiger partial charge < -0.3 is 25.4 Å². The highest BCUT2D eigenvalue weighted by molar-refractivity contribution is 14.0. The first kappa shape index (κ1) is 26.5. The Kier molecular flexibility index (Phi) is 11.5. The molecular formula is C22H37IN4O3. The number of rotatable bonds is 8. The highest BCUT2D eigenvalue weighted by atomic mass is 127. The second-order valence-electron chi connectivity index (χ2n) is 8.42. The number of carbonyl (C=O) groups excluding carboxylic acids is 1. The number of aliphatic imine (C=N–C) groups is 1. The maximum atomic E-state index is 11.9. The number of carbonyl (C=O) groups is 1. The summed E-state index contributed by atoms with van der Waals surface area (Å²) in [5, 5.41) is 9.44. The number of halogens is 1. The van der Waals surface area contributed by atoms with Crippen molar-refractivity contribution in [3.63, 3.8) is 0 Å². The molecule has 30 heavy (non-hydrogen) atoms. The average molecular weight is 532 g/mol. The van der Waals surface area contributed by atoms with Gasteiger partial charge in [0.15, 0.2) is 5.96 Å². The lowest BCUT2D eigenvalue weighted by atomic mass is 9.96. The van der Waals surface area contributed by atoms with Crippen LogP contribution in [-0.4, -0.2) is 51.3 Å². The maximum Gasteiger partial charge on any atom is 0.225 e. The van der Waals surface area contributed by atoms with E-state index in [0.717, 1.165) is 36.3 Å². The lowest BCUT2D eigenvalue weighted by Gasteiger charge is -2.19. The van der Waals surface area contributed by atoms with Gasteiger partial charge in [-0.2, -0.15) is 0 Å². The first-order chi connectivity index (χ1) is 13.8. The molecule has 0 radical (unpaired) electrons. The molecule has 0 saturated carbocycles. The summed E-state index contributed by atoms with van der Waals surface area (Å²) in [5.41, 5.74) is 1.84. The van der Waals surface area contributed by atoms with Gasteiger partial charge in [0, 0.05) is 44.3 Å². The van der Waals surface area contributed by atoms with Crippen LogP contribution in [0.2, 0.25) is 0 Å².